The summed E-state index contributed by atoms with van der Waals surface area (Å²) in [6.07, 6.45) is 6.98. The van der Waals surface area contributed by atoms with Gasteiger partial charge in [0.25, 0.3) is 0 Å². The van der Waals surface area contributed by atoms with Gasteiger partial charge >= 0.3 is 0 Å². The Morgan fingerprint density at radius 3 is 2.62 bits per heavy atom. The zero-order valence-electron chi connectivity index (χ0n) is 23.0. The molecule has 3 heterocycles. The predicted molar refractivity (Wildman–Crippen MR) is 155 cm³/mol. The Morgan fingerprint density at radius 2 is 1.90 bits per heavy atom. The van der Waals surface area contributed by atoms with E-state index in [2.05, 4.69) is 15.9 Å². The highest BCUT2D eigenvalue weighted by Crippen LogP contribution is 2.51. The Labute approximate surface area is 237 Å². The van der Waals surface area contributed by atoms with Gasteiger partial charge in [-0.2, -0.15) is 0 Å². The van der Waals surface area contributed by atoms with Gasteiger partial charge in [0, 0.05) is 44.6 Å². The minimum absolute atomic E-state index is 0.223. The summed E-state index contributed by atoms with van der Waals surface area (Å²) in [5, 5.41) is 9.26. The van der Waals surface area contributed by atoms with Gasteiger partial charge in [-0.25, -0.2) is 12.7 Å². The largest absolute Gasteiger partial charge is 0.465 e. The Bertz CT molecular complexity index is 1230. The first-order valence-electron chi connectivity index (χ1n) is 14.1. The van der Waals surface area contributed by atoms with Gasteiger partial charge in [-0.1, -0.05) is 17.8 Å². The van der Waals surface area contributed by atoms with Crippen LogP contribution in [0.1, 0.15) is 44.9 Å². The molecule has 0 amide bonds. The monoisotopic (exact) mass is 575 g/mol. The van der Waals surface area contributed by atoms with E-state index in [0.717, 1.165) is 105 Å². The van der Waals surface area contributed by atoms with E-state index in [1.165, 1.54) is 16.1 Å². The summed E-state index contributed by atoms with van der Waals surface area (Å²) in [5.74, 6) is 1.41. The number of likely N-dealkylation sites (tertiary alicyclic amines) is 1. The number of aliphatic hydroxyl groups excluding tert-OH is 1. The van der Waals surface area contributed by atoms with Gasteiger partial charge in [0.15, 0.2) is 6.29 Å². The third-order valence-electron chi connectivity index (χ3n) is 7.95. The molecule has 0 bridgehead atoms. The van der Waals surface area contributed by atoms with E-state index < -0.39 is 10.0 Å². The number of aliphatic hydroxyl groups is 1. The lowest BCUT2D eigenvalue weighted by Gasteiger charge is -2.36. The highest BCUT2D eigenvalue weighted by atomic mass is 32.2. The third-order valence-corrected chi connectivity index (χ3v) is 11.1. The van der Waals surface area contributed by atoms with E-state index in [4.69, 9.17) is 9.47 Å². The van der Waals surface area contributed by atoms with Crippen LogP contribution in [-0.2, 0) is 14.8 Å². The highest BCUT2D eigenvalue weighted by molar-refractivity contribution is 8.00. The van der Waals surface area contributed by atoms with E-state index in [-0.39, 0.29) is 12.9 Å². The van der Waals surface area contributed by atoms with Gasteiger partial charge in [-0.15, -0.1) is 0 Å². The first-order valence-corrected chi connectivity index (χ1v) is 16.4. The maximum Gasteiger partial charge on any atom is 0.243 e. The molecule has 1 unspecified atom stereocenters. The standard InChI is InChI=1S/C29H41N3O5S2/c1-30(2)39(34,35)27-8-5-7-24-29(27)38-26-11-10-23(37-28-9-3-4-20-36-28)21-25(26)32(24)16-6-15-31-17-12-22(13-18-31)14-19-33/h5,7-8,10-11,21-22,28,33H,3-4,6,9,12-20H2,1-2H3. The minimum Gasteiger partial charge on any atom is -0.465 e. The number of rotatable bonds is 10. The van der Waals surface area contributed by atoms with Crippen molar-refractivity contribution in [2.45, 2.75) is 65.9 Å². The molecular weight excluding hydrogens is 534 g/mol. The number of fused-ring (bicyclic) bond motifs is 2. The average molecular weight is 576 g/mol. The SMILES string of the molecule is CN(C)S(=O)(=O)c1cccc2c1Sc1ccc(OC3CCCCO3)cc1N2CCCN1CCC(CCO)CC1. The molecule has 8 nitrogen and oxygen atoms in total. The van der Waals surface area contributed by atoms with Gasteiger partial charge < -0.3 is 24.4 Å². The van der Waals surface area contributed by atoms with Crippen molar-refractivity contribution in [3.63, 3.8) is 0 Å². The quantitative estimate of drug-likeness (QED) is 0.427. The molecule has 2 aromatic carbocycles. The fourth-order valence-electron chi connectivity index (χ4n) is 5.66. The lowest BCUT2D eigenvalue weighted by atomic mass is 9.94. The van der Waals surface area contributed by atoms with Crippen molar-refractivity contribution in [2.75, 3.05) is 58.4 Å². The highest BCUT2D eigenvalue weighted by Gasteiger charge is 2.31. The number of hydrogen-bond donors (Lipinski definition) is 1. The van der Waals surface area contributed by atoms with Crippen molar-refractivity contribution in [3.05, 3.63) is 36.4 Å². The summed E-state index contributed by atoms with van der Waals surface area (Å²) in [6.45, 7) is 4.90. The second-order valence-electron chi connectivity index (χ2n) is 10.8. The van der Waals surface area contributed by atoms with Gasteiger partial charge in [0.1, 0.15) is 5.75 Å². The number of piperidine rings is 1. The summed E-state index contributed by atoms with van der Waals surface area (Å²) in [4.78, 5) is 6.91. The number of nitrogens with zero attached hydrogens (tertiary/aromatic N) is 3. The molecule has 0 spiro atoms. The molecule has 0 aliphatic carbocycles. The van der Waals surface area contributed by atoms with Crippen molar-refractivity contribution in [1.82, 2.24) is 9.21 Å². The zero-order valence-corrected chi connectivity index (χ0v) is 24.7. The van der Waals surface area contributed by atoms with Gasteiger partial charge in [0.05, 0.1) is 27.8 Å². The first-order chi connectivity index (χ1) is 18.9. The van der Waals surface area contributed by atoms with Crippen LogP contribution in [0.4, 0.5) is 11.4 Å². The summed E-state index contributed by atoms with van der Waals surface area (Å²) in [5.41, 5.74) is 1.96. The molecule has 0 saturated carbocycles. The van der Waals surface area contributed by atoms with Crippen LogP contribution in [0.3, 0.4) is 0 Å². The molecule has 214 valence electrons. The lowest BCUT2D eigenvalue weighted by Crippen LogP contribution is -2.36. The molecule has 0 aromatic heterocycles. The smallest absolute Gasteiger partial charge is 0.243 e. The second-order valence-corrected chi connectivity index (χ2v) is 14.0. The second kappa shape index (κ2) is 12.8. The normalized spacial score (nSPS) is 20.6. The lowest BCUT2D eigenvalue weighted by molar-refractivity contribution is -0.105. The summed E-state index contributed by atoms with van der Waals surface area (Å²) in [7, 11) is -0.445. The van der Waals surface area contributed by atoms with Gasteiger partial charge in [0.2, 0.25) is 10.0 Å². The molecule has 5 rings (SSSR count). The van der Waals surface area contributed by atoms with Crippen LogP contribution >= 0.6 is 11.8 Å². The van der Waals surface area contributed by atoms with E-state index >= 15 is 0 Å². The van der Waals surface area contributed by atoms with Crippen molar-refractivity contribution >= 4 is 33.2 Å². The molecule has 2 aromatic rings. The molecule has 2 saturated heterocycles. The van der Waals surface area contributed by atoms with E-state index in [1.807, 2.05) is 24.3 Å². The summed E-state index contributed by atoms with van der Waals surface area (Å²) in [6, 6.07) is 11.7. The van der Waals surface area contributed by atoms with Crippen molar-refractivity contribution < 1.29 is 23.0 Å². The first kappa shape index (κ1) is 28.7. The molecular formula is C29H41N3O5S2. The maximum absolute atomic E-state index is 13.2. The number of anilines is 2. The maximum atomic E-state index is 13.2. The van der Waals surface area contributed by atoms with Crippen LogP contribution in [0, 0.1) is 5.92 Å². The summed E-state index contributed by atoms with van der Waals surface area (Å²) >= 11 is 1.51. The Hall–Kier alpha value is -1.82. The van der Waals surface area contributed by atoms with E-state index in [9.17, 15) is 13.5 Å². The summed E-state index contributed by atoms with van der Waals surface area (Å²) < 4.78 is 39.8. The number of sulfonamides is 1. The van der Waals surface area contributed by atoms with Crippen LogP contribution in [-0.4, -0.2) is 82.5 Å². The van der Waals surface area contributed by atoms with Crippen LogP contribution < -0.4 is 9.64 Å². The average Bonchev–Trinajstić information content (AvgIpc) is 2.94. The van der Waals surface area contributed by atoms with Gasteiger partial charge in [-0.05, 0) is 88.3 Å². The van der Waals surface area contributed by atoms with Crippen LogP contribution in [0.25, 0.3) is 0 Å². The van der Waals surface area contributed by atoms with Gasteiger partial charge in [-0.3, -0.25) is 0 Å². The molecule has 3 aliphatic rings. The number of benzene rings is 2. The Kier molecular flexibility index (Phi) is 9.41. The fraction of sp³-hybridized carbons (Fsp3) is 0.586. The third kappa shape index (κ3) is 6.57. The van der Waals surface area contributed by atoms with E-state index in [1.54, 1.807) is 20.2 Å². The molecule has 0 radical (unpaired) electrons. The van der Waals surface area contributed by atoms with Crippen LogP contribution in [0.5, 0.6) is 5.75 Å². The number of ether oxygens (including phenoxy) is 2. The molecule has 10 heteroatoms. The molecule has 1 atom stereocenters. The fourth-order valence-corrected chi connectivity index (χ4v) is 8.16. The predicted octanol–water partition coefficient (Wildman–Crippen LogP) is 4.93. The molecule has 39 heavy (non-hydrogen) atoms. The molecule has 2 fully saturated rings. The number of hydrogen-bond acceptors (Lipinski definition) is 8. The Morgan fingerprint density at radius 1 is 1.08 bits per heavy atom. The van der Waals surface area contributed by atoms with Crippen LogP contribution in [0.15, 0.2) is 51.1 Å². The van der Waals surface area contributed by atoms with E-state index in [0.29, 0.717) is 10.8 Å². The zero-order chi connectivity index (χ0) is 27.4. The van der Waals surface area contributed by atoms with Crippen molar-refractivity contribution in [3.8, 4) is 5.75 Å². The van der Waals surface area contributed by atoms with Crippen LogP contribution in [0.2, 0.25) is 0 Å². The topological polar surface area (TPSA) is 82.6 Å². The van der Waals surface area contributed by atoms with Crippen molar-refractivity contribution in [2.24, 2.45) is 5.92 Å². The molecule has 1 N–H and O–H groups in total. The van der Waals surface area contributed by atoms with Crippen molar-refractivity contribution in [1.29, 1.82) is 0 Å². The Balaban J connectivity index is 1.39. The molecule has 3 aliphatic heterocycles. The minimum atomic E-state index is -3.60.